The van der Waals surface area contributed by atoms with Crippen LogP contribution in [0.15, 0.2) is 11.8 Å². The lowest BCUT2D eigenvalue weighted by molar-refractivity contribution is -0.207. The lowest BCUT2D eigenvalue weighted by atomic mass is 9.80. The first-order chi connectivity index (χ1) is 7.92. The van der Waals surface area contributed by atoms with Crippen molar-refractivity contribution in [1.82, 2.24) is 0 Å². The van der Waals surface area contributed by atoms with Crippen LogP contribution in [-0.2, 0) is 4.79 Å². The number of hydrogen-bond acceptors (Lipinski definition) is 2. The van der Waals surface area contributed by atoms with E-state index in [2.05, 4.69) is 0 Å². The normalized spacial score (nSPS) is 14.8. The maximum absolute atomic E-state index is 12.7. The fourth-order valence-electron chi connectivity index (χ4n) is 1.23. The minimum Gasteiger partial charge on any atom is -0.512 e. The highest BCUT2D eigenvalue weighted by Gasteiger charge is 2.52. The van der Waals surface area contributed by atoms with Crippen molar-refractivity contribution < 1.29 is 23.1 Å². The van der Waals surface area contributed by atoms with Gasteiger partial charge in [0.25, 0.3) is 0 Å². The average Bonchev–Trinajstić information content (AvgIpc) is 2.26. The summed E-state index contributed by atoms with van der Waals surface area (Å²) in [4.78, 5) is 11.6. The second-order valence-electron chi connectivity index (χ2n) is 5.28. The van der Waals surface area contributed by atoms with Crippen molar-refractivity contribution in [1.29, 1.82) is 0 Å². The van der Waals surface area contributed by atoms with Gasteiger partial charge in [-0.05, 0) is 26.7 Å². The lowest BCUT2D eigenvalue weighted by Gasteiger charge is -2.28. The van der Waals surface area contributed by atoms with Crippen LogP contribution in [0.4, 0.5) is 13.2 Å². The van der Waals surface area contributed by atoms with Crippen molar-refractivity contribution in [2.75, 3.05) is 0 Å². The molecule has 0 radical (unpaired) electrons. The van der Waals surface area contributed by atoms with Crippen molar-refractivity contribution in [3.63, 3.8) is 0 Å². The first-order valence-electron chi connectivity index (χ1n) is 5.94. The van der Waals surface area contributed by atoms with Gasteiger partial charge in [0, 0.05) is 11.5 Å². The molecule has 0 bridgehead atoms. The number of allylic oxidation sites excluding steroid dienone is 2. The molecular formula is C13H21F3O2. The van der Waals surface area contributed by atoms with Crippen LogP contribution in [0.5, 0.6) is 0 Å². The van der Waals surface area contributed by atoms with Crippen molar-refractivity contribution in [3.05, 3.63) is 11.8 Å². The van der Waals surface area contributed by atoms with Crippen LogP contribution in [-0.4, -0.2) is 17.1 Å². The van der Waals surface area contributed by atoms with E-state index in [1.807, 2.05) is 13.8 Å². The van der Waals surface area contributed by atoms with E-state index >= 15 is 0 Å². The van der Waals surface area contributed by atoms with E-state index in [-0.39, 0.29) is 5.76 Å². The molecule has 0 aromatic heterocycles. The molecule has 0 aliphatic heterocycles. The Hall–Kier alpha value is -1.00. The Morgan fingerprint density at radius 1 is 1.11 bits per heavy atom. The number of halogens is 3. The number of aliphatic hydroxyl groups excluding tert-OH is 1. The van der Waals surface area contributed by atoms with Gasteiger partial charge in [-0.1, -0.05) is 20.8 Å². The van der Waals surface area contributed by atoms with Crippen molar-refractivity contribution in [2.24, 2.45) is 10.8 Å². The standard InChI is InChI=1S/C13H21F3O2/c1-6-12(5,7-2)10(18)8-9(17)11(3,4)13(14,15)16/h8,18H,6-7H2,1-5H3/b10-8-. The van der Waals surface area contributed by atoms with Crippen LogP contribution >= 0.6 is 0 Å². The minimum absolute atomic E-state index is 0.283. The van der Waals surface area contributed by atoms with E-state index in [0.717, 1.165) is 19.9 Å². The monoisotopic (exact) mass is 266 g/mol. The number of hydrogen-bond donors (Lipinski definition) is 1. The van der Waals surface area contributed by atoms with E-state index in [0.29, 0.717) is 12.8 Å². The molecule has 0 saturated carbocycles. The van der Waals surface area contributed by atoms with Gasteiger partial charge in [0.1, 0.15) is 11.2 Å². The Morgan fingerprint density at radius 2 is 1.50 bits per heavy atom. The molecule has 0 atom stereocenters. The molecule has 1 N–H and O–H groups in total. The summed E-state index contributed by atoms with van der Waals surface area (Å²) in [6, 6.07) is 0. The topological polar surface area (TPSA) is 37.3 Å². The number of alkyl halides is 3. The van der Waals surface area contributed by atoms with Gasteiger partial charge in [0.05, 0.1) is 0 Å². The molecule has 0 saturated heterocycles. The van der Waals surface area contributed by atoms with Gasteiger partial charge in [-0.15, -0.1) is 0 Å². The van der Waals surface area contributed by atoms with E-state index in [1.165, 1.54) is 0 Å². The molecule has 0 aliphatic rings. The summed E-state index contributed by atoms with van der Waals surface area (Å²) in [6.45, 7) is 6.97. The van der Waals surface area contributed by atoms with Gasteiger partial charge in [0.15, 0.2) is 5.78 Å². The summed E-state index contributed by atoms with van der Waals surface area (Å²) in [7, 11) is 0. The SMILES string of the molecule is CCC(C)(CC)/C(O)=C/C(=O)C(C)(C)C(F)(F)F. The third-order valence-electron chi connectivity index (χ3n) is 3.77. The Labute approximate surface area is 106 Å². The zero-order valence-electron chi connectivity index (χ0n) is 11.5. The lowest BCUT2D eigenvalue weighted by Crippen LogP contribution is -2.39. The van der Waals surface area contributed by atoms with Crippen molar-refractivity contribution in [3.8, 4) is 0 Å². The van der Waals surface area contributed by atoms with E-state index in [4.69, 9.17) is 0 Å². The van der Waals surface area contributed by atoms with Gasteiger partial charge in [-0.3, -0.25) is 4.79 Å². The quantitative estimate of drug-likeness (QED) is 0.591. The van der Waals surface area contributed by atoms with Crippen LogP contribution in [0.1, 0.15) is 47.5 Å². The highest BCUT2D eigenvalue weighted by atomic mass is 19.4. The van der Waals surface area contributed by atoms with Gasteiger partial charge in [-0.25, -0.2) is 0 Å². The largest absolute Gasteiger partial charge is 0.512 e. The Bertz CT molecular complexity index is 337. The van der Waals surface area contributed by atoms with Gasteiger partial charge in [-0.2, -0.15) is 13.2 Å². The average molecular weight is 266 g/mol. The fourth-order valence-corrected chi connectivity index (χ4v) is 1.23. The number of aliphatic hydroxyl groups is 1. The molecule has 0 fully saturated rings. The fraction of sp³-hybridized carbons (Fsp3) is 0.769. The summed E-state index contributed by atoms with van der Waals surface area (Å²) in [5.41, 5.74) is -3.14. The molecule has 0 aromatic rings. The highest BCUT2D eigenvalue weighted by molar-refractivity contribution is 5.95. The molecule has 0 amide bonds. The molecule has 0 unspecified atom stereocenters. The highest BCUT2D eigenvalue weighted by Crippen LogP contribution is 2.40. The number of carbonyl (C=O) groups excluding carboxylic acids is 1. The third kappa shape index (κ3) is 3.27. The molecule has 0 aromatic carbocycles. The van der Waals surface area contributed by atoms with Crippen molar-refractivity contribution in [2.45, 2.75) is 53.6 Å². The molecule has 0 spiro atoms. The first-order valence-corrected chi connectivity index (χ1v) is 5.94. The summed E-state index contributed by atoms with van der Waals surface area (Å²) in [5.74, 6) is -1.41. The molecular weight excluding hydrogens is 245 g/mol. The summed E-state index contributed by atoms with van der Waals surface area (Å²) < 4.78 is 38.0. The number of ketones is 1. The number of rotatable bonds is 5. The van der Waals surface area contributed by atoms with Gasteiger partial charge in [0.2, 0.25) is 0 Å². The summed E-state index contributed by atoms with van der Waals surface area (Å²) in [5, 5.41) is 9.84. The first kappa shape index (κ1) is 17.0. The van der Waals surface area contributed by atoms with Crippen LogP contribution in [0.3, 0.4) is 0 Å². The van der Waals surface area contributed by atoms with Crippen molar-refractivity contribution >= 4 is 5.78 Å². The Balaban J connectivity index is 5.29. The zero-order valence-corrected chi connectivity index (χ0v) is 11.5. The maximum Gasteiger partial charge on any atom is 0.401 e. The Morgan fingerprint density at radius 3 is 1.78 bits per heavy atom. The zero-order chi connectivity index (χ0) is 14.8. The molecule has 18 heavy (non-hydrogen) atoms. The van der Waals surface area contributed by atoms with E-state index < -0.39 is 22.8 Å². The second kappa shape index (κ2) is 5.33. The molecule has 0 aliphatic carbocycles. The van der Waals surface area contributed by atoms with Crippen LogP contribution in [0.25, 0.3) is 0 Å². The van der Waals surface area contributed by atoms with Crippen LogP contribution < -0.4 is 0 Å². The second-order valence-corrected chi connectivity index (χ2v) is 5.28. The van der Waals surface area contributed by atoms with E-state index in [1.54, 1.807) is 6.92 Å². The van der Waals surface area contributed by atoms with Crippen LogP contribution in [0.2, 0.25) is 0 Å². The minimum atomic E-state index is -4.63. The molecule has 0 rings (SSSR count). The molecule has 0 heterocycles. The smallest absolute Gasteiger partial charge is 0.401 e. The third-order valence-corrected chi connectivity index (χ3v) is 3.77. The van der Waals surface area contributed by atoms with E-state index in [9.17, 15) is 23.1 Å². The predicted molar refractivity (Wildman–Crippen MR) is 64.2 cm³/mol. The van der Waals surface area contributed by atoms with Gasteiger partial charge >= 0.3 is 6.18 Å². The maximum atomic E-state index is 12.7. The van der Waals surface area contributed by atoms with Crippen LogP contribution in [0, 0.1) is 10.8 Å². The molecule has 5 heteroatoms. The molecule has 106 valence electrons. The molecule has 2 nitrogen and oxygen atoms in total. The Kier molecular flexibility index (Phi) is 5.03. The summed E-state index contributed by atoms with van der Waals surface area (Å²) >= 11 is 0. The number of carbonyl (C=O) groups is 1. The van der Waals surface area contributed by atoms with Gasteiger partial charge < -0.3 is 5.11 Å². The summed E-state index contributed by atoms with van der Waals surface area (Å²) in [6.07, 6.45) is -2.81. The predicted octanol–water partition coefficient (Wildman–Crippen LogP) is 4.41.